The molecule has 0 aromatic heterocycles. The molecule has 1 atom stereocenters. The summed E-state index contributed by atoms with van der Waals surface area (Å²) < 4.78 is 5.10. The van der Waals surface area contributed by atoms with Gasteiger partial charge in [0.05, 0.1) is 13.7 Å². The monoisotopic (exact) mass is 249 g/mol. The van der Waals surface area contributed by atoms with Gasteiger partial charge in [-0.2, -0.15) is 0 Å². The Kier molecular flexibility index (Phi) is 3.47. The molecule has 1 heterocycles. The van der Waals surface area contributed by atoms with Gasteiger partial charge in [-0.15, -0.1) is 0 Å². The summed E-state index contributed by atoms with van der Waals surface area (Å²) in [5.41, 5.74) is 6.81. The minimum absolute atomic E-state index is 0.0453. The van der Waals surface area contributed by atoms with Gasteiger partial charge in [0.15, 0.2) is 0 Å². The number of hydrogen-bond acceptors (Lipinski definition) is 4. The van der Waals surface area contributed by atoms with Crippen molar-refractivity contribution in [3.8, 4) is 5.75 Å². The number of carbonyl (C=O) groups excluding carboxylic acids is 2. The molecule has 1 aliphatic heterocycles. The minimum Gasteiger partial charge on any atom is -0.497 e. The number of urea groups is 1. The molecule has 18 heavy (non-hydrogen) atoms. The summed E-state index contributed by atoms with van der Waals surface area (Å²) in [7, 11) is 1.57. The molecule has 0 saturated carbocycles. The van der Waals surface area contributed by atoms with Crippen LogP contribution in [0.25, 0.3) is 0 Å². The molecular formula is C12H15N3O3. The van der Waals surface area contributed by atoms with E-state index in [0.29, 0.717) is 5.75 Å². The Hall–Kier alpha value is -2.08. The maximum Gasteiger partial charge on any atom is 0.324 e. The highest BCUT2D eigenvalue weighted by Gasteiger charge is 2.29. The van der Waals surface area contributed by atoms with E-state index in [1.54, 1.807) is 13.2 Å². The lowest BCUT2D eigenvalue weighted by Crippen LogP contribution is -2.37. The van der Waals surface area contributed by atoms with E-state index < -0.39 is 12.1 Å². The van der Waals surface area contributed by atoms with Crippen LogP contribution in [0.1, 0.15) is 11.6 Å². The maximum absolute atomic E-state index is 11.4. The molecular weight excluding hydrogens is 234 g/mol. The van der Waals surface area contributed by atoms with E-state index in [-0.39, 0.29) is 19.0 Å². The average molecular weight is 249 g/mol. The molecule has 96 valence electrons. The third kappa shape index (κ3) is 2.43. The molecule has 6 heteroatoms. The first-order chi connectivity index (χ1) is 8.61. The fourth-order valence-corrected chi connectivity index (χ4v) is 1.81. The molecule has 0 radical (unpaired) electrons. The normalized spacial score (nSPS) is 16.7. The van der Waals surface area contributed by atoms with Crippen molar-refractivity contribution in [1.82, 2.24) is 10.2 Å². The fourth-order valence-electron chi connectivity index (χ4n) is 1.81. The molecule has 0 bridgehead atoms. The Morgan fingerprint density at radius 2 is 2.28 bits per heavy atom. The number of imide groups is 1. The molecule has 1 fully saturated rings. The van der Waals surface area contributed by atoms with E-state index in [1.807, 2.05) is 18.2 Å². The molecule has 6 nitrogen and oxygen atoms in total. The zero-order chi connectivity index (χ0) is 13.1. The van der Waals surface area contributed by atoms with E-state index in [1.165, 1.54) is 0 Å². The smallest absolute Gasteiger partial charge is 0.324 e. The molecule has 0 aliphatic carbocycles. The number of nitrogens with two attached hydrogens (primary N) is 1. The number of nitrogens with zero attached hydrogens (tertiary/aromatic N) is 1. The highest BCUT2D eigenvalue weighted by Crippen LogP contribution is 2.19. The van der Waals surface area contributed by atoms with E-state index in [4.69, 9.17) is 10.5 Å². The number of methoxy groups -OCH3 is 1. The van der Waals surface area contributed by atoms with Crippen LogP contribution < -0.4 is 15.8 Å². The van der Waals surface area contributed by atoms with Crippen LogP contribution in [0.4, 0.5) is 4.79 Å². The van der Waals surface area contributed by atoms with Crippen molar-refractivity contribution >= 4 is 11.9 Å². The van der Waals surface area contributed by atoms with E-state index in [9.17, 15) is 9.59 Å². The molecule has 3 N–H and O–H groups in total. The van der Waals surface area contributed by atoms with Crippen molar-refractivity contribution in [3.05, 3.63) is 29.8 Å². The van der Waals surface area contributed by atoms with Crippen LogP contribution in [0.2, 0.25) is 0 Å². The van der Waals surface area contributed by atoms with Crippen molar-refractivity contribution in [2.45, 2.75) is 6.04 Å². The fraction of sp³-hybridized carbons (Fsp3) is 0.333. The van der Waals surface area contributed by atoms with Crippen molar-refractivity contribution in [3.63, 3.8) is 0 Å². The van der Waals surface area contributed by atoms with Crippen LogP contribution in [0.3, 0.4) is 0 Å². The third-order valence-electron chi connectivity index (χ3n) is 2.84. The molecule has 1 aromatic rings. The van der Waals surface area contributed by atoms with Crippen LogP contribution in [0.15, 0.2) is 24.3 Å². The highest BCUT2D eigenvalue weighted by atomic mass is 16.5. The van der Waals surface area contributed by atoms with E-state index >= 15 is 0 Å². The SMILES string of the molecule is COc1cccc(C(N)CN2C(=O)CNC2=O)c1. The number of ether oxygens (including phenoxy) is 1. The average Bonchev–Trinajstić information content (AvgIpc) is 2.70. The Balaban J connectivity index is 2.09. The Bertz CT molecular complexity index is 459. The van der Waals surface area contributed by atoms with Gasteiger partial charge in [-0.25, -0.2) is 4.79 Å². The second-order valence-electron chi connectivity index (χ2n) is 4.05. The van der Waals surface area contributed by atoms with Gasteiger partial charge in [0.1, 0.15) is 5.75 Å². The summed E-state index contributed by atoms with van der Waals surface area (Å²) >= 11 is 0. The van der Waals surface area contributed by atoms with Crippen LogP contribution in [-0.2, 0) is 4.79 Å². The number of hydrogen-bond donors (Lipinski definition) is 2. The van der Waals surface area contributed by atoms with Crippen molar-refractivity contribution in [2.75, 3.05) is 20.2 Å². The largest absolute Gasteiger partial charge is 0.497 e. The lowest BCUT2D eigenvalue weighted by molar-refractivity contribution is -0.125. The lowest BCUT2D eigenvalue weighted by atomic mass is 10.1. The van der Waals surface area contributed by atoms with Crippen LogP contribution in [0, 0.1) is 0 Å². The Morgan fingerprint density at radius 1 is 1.50 bits per heavy atom. The molecule has 2 rings (SSSR count). The van der Waals surface area contributed by atoms with Crippen molar-refractivity contribution in [1.29, 1.82) is 0 Å². The quantitative estimate of drug-likeness (QED) is 0.749. The zero-order valence-corrected chi connectivity index (χ0v) is 10.1. The summed E-state index contributed by atoms with van der Waals surface area (Å²) in [5.74, 6) is 0.443. The summed E-state index contributed by atoms with van der Waals surface area (Å²) in [6.07, 6.45) is 0. The molecule has 1 saturated heterocycles. The number of amides is 3. The predicted octanol–water partition coefficient (Wildman–Crippen LogP) is 0.247. The van der Waals surface area contributed by atoms with Gasteiger partial charge in [0, 0.05) is 12.6 Å². The molecule has 3 amide bonds. The summed E-state index contributed by atoms with van der Waals surface area (Å²) in [6, 6.07) is 6.45. The Morgan fingerprint density at radius 3 is 2.89 bits per heavy atom. The number of benzene rings is 1. The maximum atomic E-state index is 11.4. The van der Waals surface area contributed by atoms with Gasteiger partial charge < -0.3 is 15.8 Å². The first-order valence-electron chi connectivity index (χ1n) is 5.59. The van der Waals surface area contributed by atoms with Gasteiger partial charge in [0.25, 0.3) is 0 Å². The van der Waals surface area contributed by atoms with E-state index in [0.717, 1.165) is 10.5 Å². The van der Waals surface area contributed by atoms with Crippen molar-refractivity contribution < 1.29 is 14.3 Å². The zero-order valence-electron chi connectivity index (χ0n) is 10.1. The highest BCUT2D eigenvalue weighted by molar-refractivity contribution is 6.01. The minimum atomic E-state index is -0.423. The summed E-state index contributed by atoms with van der Waals surface area (Å²) in [5, 5.41) is 2.46. The van der Waals surface area contributed by atoms with Gasteiger partial charge >= 0.3 is 6.03 Å². The lowest BCUT2D eigenvalue weighted by Gasteiger charge is -2.18. The standard InChI is InChI=1S/C12H15N3O3/c1-18-9-4-2-3-8(5-9)10(13)7-15-11(16)6-14-12(15)17/h2-5,10H,6-7,13H2,1H3,(H,14,17). The second-order valence-corrected chi connectivity index (χ2v) is 4.05. The molecule has 1 aliphatic rings. The molecule has 1 aromatic carbocycles. The number of nitrogens with one attached hydrogen (secondary N) is 1. The van der Waals surface area contributed by atoms with Crippen molar-refractivity contribution in [2.24, 2.45) is 5.73 Å². The van der Waals surface area contributed by atoms with E-state index in [2.05, 4.69) is 5.32 Å². The van der Waals surface area contributed by atoms with Crippen LogP contribution in [0.5, 0.6) is 5.75 Å². The van der Waals surface area contributed by atoms with Gasteiger partial charge in [-0.1, -0.05) is 12.1 Å². The Labute approximate surface area is 105 Å². The first kappa shape index (κ1) is 12.4. The number of rotatable bonds is 4. The predicted molar refractivity (Wildman–Crippen MR) is 65.0 cm³/mol. The molecule has 0 spiro atoms. The molecule has 1 unspecified atom stereocenters. The summed E-state index contributed by atoms with van der Waals surface area (Å²) in [6.45, 7) is 0.210. The van der Waals surface area contributed by atoms with Gasteiger partial charge in [0.2, 0.25) is 5.91 Å². The summed E-state index contributed by atoms with van der Waals surface area (Å²) in [4.78, 5) is 24.0. The van der Waals surface area contributed by atoms with Gasteiger partial charge in [-0.3, -0.25) is 9.69 Å². The second kappa shape index (κ2) is 5.05. The topological polar surface area (TPSA) is 84.7 Å². The van der Waals surface area contributed by atoms with Crippen LogP contribution >= 0.6 is 0 Å². The van der Waals surface area contributed by atoms with Gasteiger partial charge in [-0.05, 0) is 17.7 Å². The first-order valence-corrected chi connectivity index (χ1v) is 5.59. The van der Waals surface area contributed by atoms with Crippen LogP contribution in [-0.4, -0.2) is 37.0 Å². The third-order valence-corrected chi connectivity index (χ3v) is 2.84. The number of carbonyl (C=O) groups is 2.